The molecule has 1 aromatic carbocycles. The van der Waals surface area contributed by atoms with Gasteiger partial charge in [0.2, 0.25) is 0 Å². The molecule has 0 aromatic heterocycles. The van der Waals surface area contributed by atoms with Crippen molar-refractivity contribution in [2.75, 3.05) is 23.4 Å². The van der Waals surface area contributed by atoms with E-state index in [-0.39, 0.29) is 12.1 Å². The summed E-state index contributed by atoms with van der Waals surface area (Å²) >= 11 is 8.00. The van der Waals surface area contributed by atoms with E-state index in [2.05, 4.69) is 5.32 Å². The van der Waals surface area contributed by atoms with Crippen LogP contribution in [0.4, 0.5) is 5.69 Å². The Morgan fingerprint density at radius 2 is 2.25 bits per heavy atom. The minimum Gasteiger partial charge on any atom is -0.394 e. The molecular weight excluding hydrogens is 242 g/mol. The summed E-state index contributed by atoms with van der Waals surface area (Å²) < 4.78 is 0. The number of benzene rings is 1. The standard InChI is InChI=1S/C12H16ClNOS/c13-10-4-1-2-5-11(10)14-12(8-15)6-3-7-16-9-12/h1-2,4-5,14-15H,3,6-9H2. The van der Waals surface area contributed by atoms with Crippen molar-refractivity contribution in [3.05, 3.63) is 29.3 Å². The van der Waals surface area contributed by atoms with Gasteiger partial charge in [0.05, 0.1) is 22.9 Å². The van der Waals surface area contributed by atoms with E-state index >= 15 is 0 Å². The number of nitrogens with one attached hydrogen (secondary N) is 1. The lowest BCUT2D eigenvalue weighted by molar-refractivity contribution is 0.215. The van der Waals surface area contributed by atoms with Crippen LogP contribution in [0.2, 0.25) is 5.02 Å². The first-order chi connectivity index (χ1) is 7.76. The number of hydrogen-bond donors (Lipinski definition) is 2. The van der Waals surface area contributed by atoms with E-state index in [4.69, 9.17) is 11.6 Å². The van der Waals surface area contributed by atoms with Gasteiger partial charge in [-0.2, -0.15) is 11.8 Å². The Bertz CT molecular complexity index is 353. The fourth-order valence-electron chi connectivity index (χ4n) is 1.96. The summed E-state index contributed by atoms with van der Waals surface area (Å²) in [5, 5.41) is 13.7. The van der Waals surface area contributed by atoms with Crippen LogP contribution in [-0.4, -0.2) is 28.8 Å². The van der Waals surface area contributed by atoms with Gasteiger partial charge in [0.1, 0.15) is 0 Å². The predicted molar refractivity (Wildman–Crippen MR) is 71.5 cm³/mol. The normalized spacial score (nSPS) is 25.4. The fraction of sp³-hybridized carbons (Fsp3) is 0.500. The number of para-hydroxylation sites is 1. The van der Waals surface area contributed by atoms with Gasteiger partial charge >= 0.3 is 0 Å². The fourth-order valence-corrected chi connectivity index (χ4v) is 3.34. The van der Waals surface area contributed by atoms with E-state index in [1.165, 1.54) is 5.75 Å². The molecule has 2 N–H and O–H groups in total. The molecule has 1 aliphatic heterocycles. The highest BCUT2D eigenvalue weighted by Crippen LogP contribution is 2.32. The van der Waals surface area contributed by atoms with Crippen LogP contribution in [0.15, 0.2) is 24.3 Å². The van der Waals surface area contributed by atoms with Gasteiger partial charge in [-0.3, -0.25) is 0 Å². The van der Waals surface area contributed by atoms with Crippen LogP contribution in [0.1, 0.15) is 12.8 Å². The van der Waals surface area contributed by atoms with Crippen LogP contribution in [0, 0.1) is 0 Å². The monoisotopic (exact) mass is 257 g/mol. The SMILES string of the molecule is OCC1(Nc2ccccc2Cl)CCCSC1. The topological polar surface area (TPSA) is 32.3 Å². The van der Waals surface area contributed by atoms with Crippen LogP contribution in [0.25, 0.3) is 0 Å². The summed E-state index contributed by atoms with van der Waals surface area (Å²) in [6.45, 7) is 0.158. The van der Waals surface area contributed by atoms with Crippen LogP contribution in [0.3, 0.4) is 0 Å². The summed E-state index contributed by atoms with van der Waals surface area (Å²) in [5.74, 6) is 2.13. The largest absolute Gasteiger partial charge is 0.394 e. The Morgan fingerprint density at radius 1 is 1.44 bits per heavy atom. The Labute approximate surface area is 105 Å². The van der Waals surface area contributed by atoms with Crippen molar-refractivity contribution in [3.8, 4) is 0 Å². The minimum absolute atomic E-state index is 0.158. The average Bonchev–Trinajstić information content (AvgIpc) is 2.33. The van der Waals surface area contributed by atoms with Crippen molar-refractivity contribution in [2.24, 2.45) is 0 Å². The number of rotatable bonds is 3. The van der Waals surface area contributed by atoms with E-state index < -0.39 is 0 Å². The summed E-state index contributed by atoms with van der Waals surface area (Å²) in [7, 11) is 0. The molecule has 4 heteroatoms. The number of aliphatic hydroxyl groups excluding tert-OH is 1. The third-order valence-corrected chi connectivity index (χ3v) is 4.56. The molecule has 0 spiro atoms. The summed E-state index contributed by atoms with van der Waals surface area (Å²) in [6.07, 6.45) is 2.14. The first-order valence-electron chi connectivity index (χ1n) is 5.47. The van der Waals surface area contributed by atoms with Crippen LogP contribution in [0.5, 0.6) is 0 Å². The lowest BCUT2D eigenvalue weighted by Crippen LogP contribution is -2.46. The highest BCUT2D eigenvalue weighted by atomic mass is 35.5. The van der Waals surface area contributed by atoms with Gasteiger partial charge in [0, 0.05) is 5.75 Å². The number of hydrogen-bond acceptors (Lipinski definition) is 3. The Morgan fingerprint density at radius 3 is 2.88 bits per heavy atom. The molecule has 2 nitrogen and oxygen atoms in total. The van der Waals surface area contributed by atoms with Gasteiger partial charge in [-0.05, 0) is 30.7 Å². The van der Waals surface area contributed by atoms with E-state index in [1.807, 2.05) is 36.0 Å². The van der Waals surface area contributed by atoms with Crippen molar-refractivity contribution in [3.63, 3.8) is 0 Å². The minimum atomic E-state index is -0.200. The molecule has 1 aromatic rings. The van der Waals surface area contributed by atoms with E-state index in [0.29, 0.717) is 5.02 Å². The second-order valence-corrected chi connectivity index (χ2v) is 5.71. The lowest BCUT2D eigenvalue weighted by Gasteiger charge is -2.37. The van der Waals surface area contributed by atoms with E-state index in [9.17, 15) is 5.11 Å². The van der Waals surface area contributed by atoms with Crippen LogP contribution in [-0.2, 0) is 0 Å². The maximum atomic E-state index is 9.57. The number of aliphatic hydroxyl groups is 1. The highest BCUT2D eigenvalue weighted by molar-refractivity contribution is 7.99. The van der Waals surface area contributed by atoms with Crippen LogP contribution < -0.4 is 5.32 Å². The predicted octanol–water partition coefficient (Wildman–Crippen LogP) is 3.01. The molecule has 88 valence electrons. The van der Waals surface area contributed by atoms with Crippen molar-refractivity contribution in [1.82, 2.24) is 0 Å². The highest BCUT2D eigenvalue weighted by Gasteiger charge is 2.31. The van der Waals surface area contributed by atoms with Crippen molar-refractivity contribution in [2.45, 2.75) is 18.4 Å². The zero-order valence-electron chi connectivity index (χ0n) is 9.08. The molecular formula is C12H16ClNOS. The molecule has 1 unspecified atom stereocenters. The quantitative estimate of drug-likeness (QED) is 0.873. The van der Waals surface area contributed by atoms with Crippen molar-refractivity contribution >= 4 is 29.1 Å². The maximum Gasteiger partial charge on any atom is 0.0694 e. The number of anilines is 1. The molecule has 0 aliphatic carbocycles. The third-order valence-electron chi connectivity index (χ3n) is 2.90. The van der Waals surface area contributed by atoms with Gasteiger partial charge in [0.25, 0.3) is 0 Å². The molecule has 1 aliphatic rings. The summed E-state index contributed by atoms with van der Waals surface area (Å²) in [6, 6.07) is 7.69. The molecule has 1 saturated heterocycles. The molecule has 0 amide bonds. The van der Waals surface area contributed by atoms with Crippen molar-refractivity contribution < 1.29 is 5.11 Å². The maximum absolute atomic E-state index is 9.57. The number of thioether (sulfide) groups is 1. The molecule has 0 radical (unpaired) electrons. The van der Waals surface area contributed by atoms with Gasteiger partial charge < -0.3 is 10.4 Å². The molecule has 1 atom stereocenters. The molecule has 16 heavy (non-hydrogen) atoms. The summed E-state index contributed by atoms with van der Waals surface area (Å²) in [4.78, 5) is 0. The zero-order chi connectivity index (χ0) is 11.4. The van der Waals surface area contributed by atoms with Crippen molar-refractivity contribution in [1.29, 1.82) is 0 Å². The molecule has 0 bridgehead atoms. The Kier molecular flexibility index (Phi) is 4.00. The third kappa shape index (κ3) is 2.65. The van der Waals surface area contributed by atoms with E-state index in [0.717, 1.165) is 24.3 Å². The molecule has 1 fully saturated rings. The first-order valence-corrected chi connectivity index (χ1v) is 7.00. The lowest BCUT2D eigenvalue weighted by atomic mass is 9.96. The second-order valence-electron chi connectivity index (χ2n) is 4.20. The van der Waals surface area contributed by atoms with Crippen LogP contribution >= 0.6 is 23.4 Å². The van der Waals surface area contributed by atoms with Gasteiger partial charge in [-0.1, -0.05) is 23.7 Å². The molecule has 2 rings (SSSR count). The second kappa shape index (κ2) is 5.30. The Balaban J connectivity index is 2.15. The van der Waals surface area contributed by atoms with E-state index in [1.54, 1.807) is 0 Å². The number of halogens is 1. The first kappa shape index (κ1) is 12.1. The van der Waals surface area contributed by atoms with Gasteiger partial charge in [0.15, 0.2) is 0 Å². The molecule has 0 saturated carbocycles. The smallest absolute Gasteiger partial charge is 0.0694 e. The Hall–Kier alpha value is -0.380. The van der Waals surface area contributed by atoms with Gasteiger partial charge in [-0.15, -0.1) is 0 Å². The zero-order valence-corrected chi connectivity index (χ0v) is 10.7. The average molecular weight is 258 g/mol. The van der Waals surface area contributed by atoms with Gasteiger partial charge in [-0.25, -0.2) is 0 Å². The molecule has 1 heterocycles. The summed E-state index contributed by atoms with van der Waals surface area (Å²) in [5.41, 5.74) is 0.717.